The zero-order chi connectivity index (χ0) is 14.5. The Morgan fingerprint density at radius 3 is 2.32 bits per heavy atom. The third-order valence-corrected chi connectivity index (χ3v) is 3.55. The largest absolute Gasteiger partial charge is 0.480 e. The van der Waals surface area contributed by atoms with Gasteiger partial charge >= 0.3 is 5.97 Å². The standard InChI is InChI=1S/C16H25NO2/c1-5-10-16(4,15(18)19)17-11-13-6-8-14(9-7-13)12(2)3/h6-9,12,17H,5,10-11H2,1-4H3,(H,18,19). The Balaban J connectivity index is 2.67. The van der Waals surface area contributed by atoms with Crippen LogP contribution < -0.4 is 5.32 Å². The summed E-state index contributed by atoms with van der Waals surface area (Å²) in [5, 5.41) is 12.5. The van der Waals surface area contributed by atoms with Crippen molar-refractivity contribution in [1.82, 2.24) is 5.32 Å². The van der Waals surface area contributed by atoms with Crippen LogP contribution in [0.4, 0.5) is 0 Å². The van der Waals surface area contributed by atoms with Crippen LogP contribution in [0.1, 0.15) is 57.6 Å². The predicted octanol–water partition coefficient (Wildman–Crippen LogP) is 3.54. The van der Waals surface area contributed by atoms with E-state index in [9.17, 15) is 9.90 Å². The molecule has 1 unspecified atom stereocenters. The lowest BCUT2D eigenvalue weighted by molar-refractivity contribution is -0.144. The van der Waals surface area contributed by atoms with Crippen molar-refractivity contribution in [3.05, 3.63) is 35.4 Å². The van der Waals surface area contributed by atoms with Crippen molar-refractivity contribution in [2.75, 3.05) is 0 Å². The summed E-state index contributed by atoms with van der Waals surface area (Å²) >= 11 is 0. The summed E-state index contributed by atoms with van der Waals surface area (Å²) in [6.07, 6.45) is 1.48. The topological polar surface area (TPSA) is 49.3 Å². The van der Waals surface area contributed by atoms with Crippen LogP contribution in [0, 0.1) is 0 Å². The van der Waals surface area contributed by atoms with Crippen LogP contribution in [0.2, 0.25) is 0 Å². The predicted molar refractivity (Wildman–Crippen MR) is 78.3 cm³/mol. The summed E-state index contributed by atoms with van der Waals surface area (Å²) in [7, 11) is 0. The number of benzene rings is 1. The molecular formula is C16H25NO2. The first-order valence-corrected chi connectivity index (χ1v) is 6.96. The monoisotopic (exact) mass is 263 g/mol. The number of carboxylic acids is 1. The SMILES string of the molecule is CCCC(C)(NCc1ccc(C(C)C)cc1)C(=O)O. The smallest absolute Gasteiger partial charge is 0.323 e. The molecule has 19 heavy (non-hydrogen) atoms. The Labute approximate surface area is 116 Å². The lowest BCUT2D eigenvalue weighted by Gasteiger charge is -2.26. The van der Waals surface area contributed by atoms with Crippen LogP contribution in [0.15, 0.2) is 24.3 Å². The summed E-state index contributed by atoms with van der Waals surface area (Å²) < 4.78 is 0. The molecule has 0 saturated carbocycles. The van der Waals surface area contributed by atoms with Crippen LogP contribution in [0.3, 0.4) is 0 Å². The molecule has 3 heteroatoms. The highest BCUT2D eigenvalue weighted by Crippen LogP contribution is 2.17. The van der Waals surface area contributed by atoms with E-state index in [4.69, 9.17) is 0 Å². The molecule has 1 rings (SSSR count). The van der Waals surface area contributed by atoms with Crippen molar-refractivity contribution < 1.29 is 9.90 Å². The lowest BCUT2D eigenvalue weighted by atomic mass is 9.95. The molecule has 1 atom stereocenters. The minimum absolute atomic E-state index is 0.520. The molecule has 0 bridgehead atoms. The van der Waals surface area contributed by atoms with Gasteiger partial charge in [0.05, 0.1) is 0 Å². The first-order chi connectivity index (χ1) is 8.89. The summed E-state index contributed by atoms with van der Waals surface area (Å²) in [6.45, 7) is 8.66. The molecule has 0 radical (unpaired) electrons. The zero-order valence-corrected chi connectivity index (χ0v) is 12.4. The van der Waals surface area contributed by atoms with Crippen LogP contribution in [-0.4, -0.2) is 16.6 Å². The fraction of sp³-hybridized carbons (Fsp3) is 0.562. The van der Waals surface area contributed by atoms with Gasteiger partial charge in [-0.1, -0.05) is 51.5 Å². The molecule has 0 aliphatic heterocycles. The van der Waals surface area contributed by atoms with Gasteiger partial charge in [-0.15, -0.1) is 0 Å². The number of aliphatic carboxylic acids is 1. The van der Waals surface area contributed by atoms with Crippen LogP contribution in [0.5, 0.6) is 0 Å². The van der Waals surface area contributed by atoms with Gasteiger partial charge in [-0.05, 0) is 30.4 Å². The number of hydrogen-bond donors (Lipinski definition) is 2. The average molecular weight is 263 g/mol. The van der Waals surface area contributed by atoms with Gasteiger partial charge in [0.25, 0.3) is 0 Å². The van der Waals surface area contributed by atoms with E-state index in [1.54, 1.807) is 6.92 Å². The second kappa shape index (κ2) is 6.71. The molecule has 2 N–H and O–H groups in total. The molecule has 1 aromatic carbocycles. The molecule has 0 heterocycles. The van der Waals surface area contributed by atoms with Crippen molar-refractivity contribution in [2.24, 2.45) is 0 Å². The van der Waals surface area contributed by atoms with E-state index in [2.05, 4.69) is 43.4 Å². The second-order valence-corrected chi connectivity index (χ2v) is 5.64. The maximum atomic E-state index is 11.3. The average Bonchev–Trinajstić information content (AvgIpc) is 2.37. The molecule has 106 valence electrons. The minimum Gasteiger partial charge on any atom is -0.480 e. The van der Waals surface area contributed by atoms with Crippen molar-refractivity contribution in [3.63, 3.8) is 0 Å². The summed E-state index contributed by atoms with van der Waals surface area (Å²) in [4.78, 5) is 11.3. The molecule has 0 aliphatic carbocycles. The zero-order valence-electron chi connectivity index (χ0n) is 12.4. The van der Waals surface area contributed by atoms with E-state index in [1.165, 1.54) is 5.56 Å². The lowest BCUT2D eigenvalue weighted by Crippen LogP contribution is -2.48. The van der Waals surface area contributed by atoms with Gasteiger partial charge in [0.15, 0.2) is 0 Å². The highest BCUT2D eigenvalue weighted by molar-refractivity contribution is 5.78. The van der Waals surface area contributed by atoms with Gasteiger partial charge < -0.3 is 5.11 Å². The molecular weight excluding hydrogens is 238 g/mol. The van der Waals surface area contributed by atoms with Crippen molar-refractivity contribution in [1.29, 1.82) is 0 Å². The molecule has 3 nitrogen and oxygen atoms in total. The van der Waals surface area contributed by atoms with Gasteiger partial charge in [0.1, 0.15) is 5.54 Å². The van der Waals surface area contributed by atoms with Gasteiger partial charge in [0.2, 0.25) is 0 Å². The molecule has 1 aromatic rings. The summed E-state index contributed by atoms with van der Waals surface area (Å²) in [5.41, 5.74) is 1.58. The Morgan fingerprint density at radius 1 is 1.32 bits per heavy atom. The second-order valence-electron chi connectivity index (χ2n) is 5.64. The third-order valence-electron chi connectivity index (χ3n) is 3.55. The number of hydrogen-bond acceptors (Lipinski definition) is 2. The van der Waals surface area contributed by atoms with E-state index in [0.717, 1.165) is 12.0 Å². The number of nitrogens with one attached hydrogen (secondary N) is 1. The fourth-order valence-electron chi connectivity index (χ4n) is 2.09. The van der Waals surface area contributed by atoms with E-state index in [1.807, 2.05) is 6.92 Å². The molecule has 0 spiro atoms. The molecule has 0 aliphatic rings. The first kappa shape index (κ1) is 15.7. The molecule has 0 aromatic heterocycles. The maximum Gasteiger partial charge on any atom is 0.323 e. The maximum absolute atomic E-state index is 11.3. The van der Waals surface area contributed by atoms with E-state index < -0.39 is 11.5 Å². The number of carboxylic acid groups (broad SMARTS) is 1. The Hall–Kier alpha value is -1.35. The quantitative estimate of drug-likeness (QED) is 0.791. The summed E-state index contributed by atoms with van der Waals surface area (Å²) in [6, 6.07) is 8.35. The Kier molecular flexibility index (Phi) is 5.55. The van der Waals surface area contributed by atoms with Crippen LogP contribution >= 0.6 is 0 Å². The number of rotatable bonds is 7. The van der Waals surface area contributed by atoms with Gasteiger partial charge in [-0.3, -0.25) is 10.1 Å². The van der Waals surface area contributed by atoms with Crippen LogP contribution in [0.25, 0.3) is 0 Å². The fourth-order valence-corrected chi connectivity index (χ4v) is 2.09. The van der Waals surface area contributed by atoms with Crippen molar-refractivity contribution in [3.8, 4) is 0 Å². The molecule has 0 saturated heterocycles. The van der Waals surface area contributed by atoms with Crippen LogP contribution in [-0.2, 0) is 11.3 Å². The molecule has 0 amide bonds. The highest BCUT2D eigenvalue weighted by Gasteiger charge is 2.31. The Morgan fingerprint density at radius 2 is 1.89 bits per heavy atom. The van der Waals surface area contributed by atoms with Crippen molar-refractivity contribution in [2.45, 2.75) is 58.5 Å². The third kappa shape index (κ3) is 4.35. The van der Waals surface area contributed by atoms with Gasteiger partial charge in [0, 0.05) is 6.54 Å². The number of carbonyl (C=O) groups is 1. The molecule has 0 fully saturated rings. The van der Waals surface area contributed by atoms with Crippen molar-refractivity contribution >= 4 is 5.97 Å². The van der Waals surface area contributed by atoms with E-state index in [0.29, 0.717) is 18.9 Å². The normalized spacial score (nSPS) is 14.4. The summed E-state index contributed by atoms with van der Waals surface area (Å²) in [5.74, 6) is -0.264. The van der Waals surface area contributed by atoms with E-state index in [-0.39, 0.29) is 0 Å². The highest BCUT2D eigenvalue weighted by atomic mass is 16.4. The van der Waals surface area contributed by atoms with E-state index >= 15 is 0 Å². The van der Waals surface area contributed by atoms with Gasteiger partial charge in [-0.2, -0.15) is 0 Å². The van der Waals surface area contributed by atoms with Gasteiger partial charge in [-0.25, -0.2) is 0 Å². The Bertz CT molecular complexity index is 411. The minimum atomic E-state index is -0.842. The first-order valence-electron chi connectivity index (χ1n) is 6.96.